The molecule has 1 aromatic carbocycles. The molecule has 2 aromatic rings. The third-order valence-corrected chi connectivity index (χ3v) is 9.85. The van der Waals surface area contributed by atoms with E-state index < -0.39 is 21.5 Å². The fourth-order valence-corrected chi connectivity index (χ4v) is 6.82. The first-order valence-electron chi connectivity index (χ1n) is 13.5. The van der Waals surface area contributed by atoms with Crippen molar-refractivity contribution < 1.29 is 18.3 Å². The molecular weight excluding hydrogens is 504 g/mol. The van der Waals surface area contributed by atoms with Gasteiger partial charge in [-0.2, -0.15) is 4.31 Å². The summed E-state index contributed by atoms with van der Waals surface area (Å²) < 4.78 is 27.8. The Morgan fingerprint density at radius 1 is 1.08 bits per heavy atom. The number of carbonyl (C=O) groups is 1. The molecule has 3 N–H and O–H groups in total. The van der Waals surface area contributed by atoms with Crippen LogP contribution < -0.4 is 15.5 Å². The maximum Gasteiger partial charge on any atom is 0.278 e. The number of hydrogen-bond acceptors (Lipinski definition) is 8. The summed E-state index contributed by atoms with van der Waals surface area (Å²) in [5, 5.41) is 15.7. The molecule has 2 saturated heterocycles. The van der Waals surface area contributed by atoms with Crippen LogP contribution in [0, 0.1) is 5.41 Å². The molecule has 10 nitrogen and oxygen atoms in total. The highest BCUT2D eigenvalue weighted by Gasteiger charge is 2.45. The molecule has 0 unspecified atom stereocenters. The van der Waals surface area contributed by atoms with E-state index in [4.69, 9.17) is 4.98 Å². The summed E-state index contributed by atoms with van der Waals surface area (Å²) in [6.45, 7) is 6.26. The van der Waals surface area contributed by atoms with Crippen molar-refractivity contribution >= 4 is 33.3 Å². The zero-order valence-electron chi connectivity index (χ0n) is 22.2. The van der Waals surface area contributed by atoms with Gasteiger partial charge in [-0.1, -0.05) is 12.5 Å². The molecule has 1 saturated carbocycles. The van der Waals surface area contributed by atoms with Crippen LogP contribution >= 0.6 is 0 Å². The predicted octanol–water partition coefficient (Wildman–Crippen LogP) is 3.47. The Hall–Kier alpha value is -2.76. The van der Waals surface area contributed by atoms with Crippen molar-refractivity contribution in [3.63, 3.8) is 0 Å². The molecule has 1 spiro atoms. The first-order valence-corrected chi connectivity index (χ1v) is 15.0. The van der Waals surface area contributed by atoms with Gasteiger partial charge < -0.3 is 20.6 Å². The van der Waals surface area contributed by atoms with Crippen LogP contribution in [0.4, 0.5) is 17.3 Å². The van der Waals surface area contributed by atoms with Crippen LogP contribution in [0.1, 0.15) is 69.3 Å². The van der Waals surface area contributed by atoms with Gasteiger partial charge in [-0.15, -0.1) is 0 Å². The number of hydrogen-bond donors (Lipinski definition) is 3. The number of nitrogens with one attached hydrogen (secondary N) is 2. The molecule has 0 bridgehead atoms. The van der Waals surface area contributed by atoms with E-state index in [1.54, 1.807) is 18.2 Å². The largest absolute Gasteiger partial charge is 0.394 e. The summed E-state index contributed by atoms with van der Waals surface area (Å²) in [6, 6.07) is 6.39. The number of carbonyl (C=O) groups excluding carboxylic acids is 1. The fourth-order valence-electron chi connectivity index (χ4n) is 5.26. The number of nitrogens with zero attached hydrogens (tertiary/aromatic N) is 4. The third-order valence-electron chi connectivity index (χ3n) is 7.96. The summed E-state index contributed by atoms with van der Waals surface area (Å²) in [6.07, 6.45) is 8.91. The highest BCUT2D eigenvalue weighted by atomic mass is 32.2. The van der Waals surface area contributed by atoms with Gasteiger partial charge in [0.1, 0.15) is 5.82 Å². The van der Waals surface area contributed by atoms with Crippen molar-refractivity contribution in [2.24, 2.45) is 5.41 Å². The van der Waals surface area contributed by atoms with Crippen LogP contribution in [-0.4, -0.2) is 72.0 Å². The standard InChI is InChI=1S/C27H38N6O4S/c1-26(2,19-34)31-22-18-28-23(24(30-22)32-15-11-27(9-10-27)12-16-32)25(35)29-20-7-6-8-21(17-20)38(36,37)33-13-4-3-5-14-33/h6-8,17-18,34H,3-5,9-16,19H2,1-2H3,(H,29,35)(H,30,31). The first kappa shape index (κ1) is 26.8. The zero-order valence-corrected chi connectivity index (χ0v) is 23.1. The number of anilines is 3. The van der Waals surface area contributed by atoms with E-state index in [0.29, 0.717) is 35.8 Å². The van der Waals surface area contributed by atoms with Crippen molar-refractivity contribution in [1.29, 1.82) is 0 Å². The van der Waals surface area contributed by atoms with Crippen LogP contribution in [0.3, 0.4) is 0 Å². The number of aromatic nitrogens is 2. The summed E-state index contributed by atoms with van der Waals surface area (Å²) in [5.74, 6) is 0.533. The number of amides is 1. The predicted molar refractivity (Wildman–Crippen MR) is 147 cm³/mol. The van der Waals surface area contributed by atoms with E-state index in [1.165, 1.54) is 29.4 Å². The molecule has 206 valence electrons. The van der Waals surface area contributed by atoms with E-state index in [-0.39, 0.29) is 17.2 Å². The monoisotopic (exact) mass is 542 g/mol. The van der Waals surface area contributed by atoms with Gasteiger partial charge in [0.2, 0.25) is 10.0 Å². The van der Waals surface area contributed by atoms with Crippen LogP contribution in [0.15, 0.2) is 35.4 Å². The molecule has 3 aliphatic rings. The summed E-state index contributed by atoms with van der Waals surface area (Å²) in [4.78, 5) is 25.0. The Morgan fingerprint density at radius 3 is 2.45 bits per heavy atom. The minimum atomic E-state index is -3.62. The van der Waals surface area contributed by atoms with Gasteiger partial charge in [0, 0.05) is 31.9 Å². The van der Waals surface area contributed by atoms with E-state index in [0.717, 1.165) is 45.2 Å². The lowest BCUT2D eigenvalue weighted by molar-refractivity contribution is 0.102. The molecule has 0 atom stereocenters. The van der Waals surface area contributed by atoms with Gasteiger partial charge in [-0.05, 0) is 76.0 Å². The Morgan fingerprint density at radius 2 is 1.79 bits per heavy atom. The van der Waals surface area contributed by atoms with Crippen molar-refractivity contribution in [2.75, 3.05) is 48.3 Å². The second kappa shape index (κ2) is 10.4. The van der Waals surface area contributed by atoms with Gasteiger partial charge >= 0.3 is 0 Å². The quantitative estimate of drug-likeness (QED) is 0.463. The summed E-state index contributed by atoms with van der Waals surface area (Å²) in [7, 11) is -3.62. The number of benzene rings is 1. The Kier molecular flexibility index (Phi) is 7.36. The second-order valence-corrected chi connectivity index (χ2v) is 13.5. The lowest BCUT2D eigenvalue weighted by Crippen LogP contribution is -2.38. The molecule has 1 amide bonds. The van der Waals surface area contributed by atoms with Gasteiger partial charge in [0.05, 0.1) is 23.2 Å². The topological polar surface area (TPSA) is 128 Å². The van der Waals surface area contributed by atoms with Crippen molar-refractivity contribution in [2.45, 2.75) is 69.2 Å². The number of aliphatic hydroxyl groups is 1. The lowest BCUT2D eigenvalue weighted by Gasteiger charge is -2.34. The van der Waals surface area contributed by atoms with E-state index in [1.807, 2.05) is 13.8 Å². The van der Waals surface area contributed by atoms with Crippen LogP contribution in [-0.2, 0) is 10.0 Å². The average Bonchev–Trinajstić information content (AvgIpc) is 3.68. The molecule has 2 aliphatic heterocycles. The molecule has 1 aromatic heterocycles. The van der Waals surface area contributed by atoms with Gasteiger partial charge in [0.15, 0.2) is 11.5 Å². The van der Waals surface area contributed by atoms with Gasteiger partial charge in [-0.25, -0.2) is 18.4 Å². The number of rotatable bonds is 8. The minimum Gasteiger partial charge on any atom is -0.394 e. The Bertz CT molecular complexity index is 1280. The van der Waals surface area contributed by atoms with Crippen LogP contribution in [0.5, 0.6) is 0 Å². The Balaban J connectivity index is 1.39. The summed E-state index contributed by atoms with van der Waals surface area (Å²) >= 11 is 0. The van der Waals surface area contributed by atoms with E-state index >= 15 is 0 Å². The third kappa shape index (κ3) is 5.79. The first-order chi connectivity index (χ1) is 18.1. The number of piperidine rings is 2. The van der Waals surface area contributed by atoms with Crippen molar-refractivity contribution in [3.05, 3.63) is 36.2 Å². The van der Waals surface area contributed by atoms with E-state index in [2.05, 4.69) is 20.5 Å². The fraction of sp³-hybridized carbons (Fsp3) is 0.593. The maximum atomic E-state index is 13.5. The SMILES string of the molecule is CC(C)(CO)Nc1cnc(C(=O)Nc2cccc(S(=O)(=O)N3CCCCC3)c2)c(N2CCC3(CC2)CC3)n1. The lowest BCUT2D eigenvalue weighted by atomic mass is 9.93. The number of aliphatic hydroxyl groups excluding tert-OH is 1. The maximum absolute atomic E-state index is 13.5. The zero-order chi connectivity index (χ0) is 27.0. The van der Waals surface area contributed by atoms with Crippen LogP contribution in [0.25, 0.3) is 0 Å². The smallest absolute Gasteiger partial charge is 0.278 e. The molecule has 3 fully saturated rings. The molecule has 5 rings (SSSR count). The second-order valence-electron chi connectivity index (χ2n) is 11.5. The highest BCUT2D eigenvalue weighted by Crippen LogP contribution is 2.54. The molecular formula is C27H38N6O4S. The summed E-state index contributed by atoms with van der Waals surface area (Å²) in [5.41, 5.74) is 0.436. The van der Waals surface area contributed by atoms with Gasteiger partial charge in [0.25, 0.3) is 5.91 Å². The molecule has 11 heteroatoms. The van der Waals surface area contributed by atoms with E-state index in [9.17, 15) is 18.3 Å². The molecule has 38 heavy (non-hydrogen) atoms. The molecule has 1 aliphatic carbocycles. The average molecular weight is 543 g/mol. The minimum absolute atomic E-state index is 0.0881. The van der Waals surface area contributed by atoms with Crippen LogP contribution in [0.2, 0.25) is 0 Å². The molecule has 3 heterocycles. The molecule has 0 radical (unpaired) electrons. The highest BCUT2D eigenvalue weighted by molar-refractivity contribution is 7.89. The number of sulfonamides is 1. The van der Waals surface area contributed by atoms with Crippen molar-refractivity contribution in [1.82, 2.24) is 14.3 Å². The van der Waals surface area contributed by atoms with Crippen molar-refractivity contribution in [3.8, 4) is 0 Å². The Labute approximate surface area is 224 Å². The normalized spacial score (nSPS) is 19.8. The van der Waals surface area contributed by atoms with Gasteiger partial charge in [-0.3, -0.25) is 4.79 Å².